The highest BCUT2D eigenvalue weighted by Gasteiger charge is 2.09. The van der Waals surface area contributed by atoms with Crippen molar-refractivity contribution in [2.45, 2.75) is 6.92 Å². The van der Waals surface area contributed by atoms with Crippen LogP contribution < -0.4 is 5.32 Å². The first-order valence-corrected chi connectivity index (χ1v) is 7.72. The Labute approximate surface area is 128 Å². The van der Waals surface area contributed by atoms with E-state index in [9.17, 15) is 4.79 Å². The van der Waals surface area contributed by atoms with Gasteiger partial charge in [0, 0.05) is 15.5 Å². The fourth-order valence-electron chi connectivity index (χ4n) is 1.96. The molecule has 100 valence electrons. The Morgan fingerprint density at radius 2 is 1.95 bits per heavy atom. The van der Waals surface area contributed by atoms with Gasteiger partial charge in [-0.05, 0) is 42.0 Å². The maximum Gasteiger partial charge on any atom is 0.275 e. The molecule has 20 heavy (non-hydrogen) atoms. The van der Waals surface area contributed by atoms with Crippen LogP contribution >= 0.6 is 27.3 Å². The van der Waals surface area contributed by atoms with Gasteiger partial charge < -0.3 is 5.32 Å². The predicted octanol–water partition coefficient (Wildman–Crippen LogP) is 4.62. The predicted molar refractivity (Wildman–Crippen MR) is 86.5 cm³/mol. The molecule has 3 aromatic rings. The Hall–Kier alpha value is -1.72. The maximum absolute atomic E-state index is 12.0. The highest BCUT2D eigenvalue weighted by molar-refractivity contribution is 9.10. The van der Waals surface area contributed by atoms with E-state index in [0.29, 0.717) is 5.69 Å². The number of thiazole rings is 1. The van der Waals surface area contributed by atoms with E-state index in [-0.39, 0.29) is 5.91 Å². The van der Waals surface area contributed by atoms with Crippen molar-refractivity contribution >= 4 is 49.6 Å². The van der Waals surface area contributed by atoms with E-state index in [0.717, 1.165) is 25.9 Å². The molecule has 0 aliphatic heterocycles. The highest BCUT2D eigenvalue weighted by Crippen LogP contribution is 2.23. The van der Waals surface area contributed by atoms with Crippen molar-refractivity contribution in [1.82, 2.24) is 4.98 Å². The second-order valence-electron chi connectivity index (χ2n) is 4.41. The van der Waals surface area contributed by atoms with Crippen LogP contribution in [0.4, 0.5) is 5.69 Å². The minimum atomic E-state index is -0.175. The van der Waals surface area contributed by atoms with E-state index < -0.39 is 0 Å². The van der Waals surface area contributed by atoms with Gasteiger partial charge in [0.25, 0.3) is 5.91 Å². The summed E-state index contributed by atoms with van der Waals surface area (Å²) in [6.07, 6.45) is 0. The SMILES string of the molecule is Cc1nc(C(=O)Nc2ccc3cc(Br)ccc3c2)cs1. The topological polar surface area (TPSA) is 42.0 Å². The molecule has 0 spiro atoms. The Bertz CT molecular complexity index is 797. The van der Waals surface area contributed by atoms with Crippen molar-refractivity contribution in [1.29, 1.82) is 0 Å². The molecule has 2 aromatic carbocycles. The molecule has 0 bridgehead atoms. The maximum atomic E-state index is 12.0. The summed E-state index contributed by atoms with van der Waals surface area (Å²) < 4.78 is 1.04. The van der Waals surface area contributed by atoms with E-state index in [1.807, 2.05) is 43.3 Å². The fraction of sp³-hybridized carbons (Fsp3) is 0.0667. The van der Waals surface area contributed by atoms with Crippen LogP contribution in [0.5, 0.6) is 0 Å². The van der Waals surface area contributed by atoms with Crippen molar-refractivity contribution in [2.24, 2.45) is 0 Å². The number of rotatable bonds is 2. The molecule has 0 saturated carbocycles. The van der Waals surface area contributed by atoms with Crippen LogP contribution in [0.1, 0.15) is 15.5 Å². The second-order valence-corrected chi connectivity index (χ2v) is 6.39. The molecule has 0 aliphatic carbocycles. The van der Waals surface area contributed by atoms with E-state index in [1.165, 1.54) is 11.3 Å². The van der Waals surface area contributed by atoms with Gasteiger partial charge >= 0.3 is 0 Å². The summed E-state index contributed by atoms with van der Waals surface area (Å²) in [5.74, 6) is -0.175. The first kappa shape index (κ1) is 13.3. The smallest absolute Gasteiger partial charge is 0.275 e. The number of nitrogens with one attached hydrogen (secondary N) is 1. The van der Waals surface area contributed by atoms with Gasteiger partial charge in [-0.15, -0.1) is 11.3 Å². The number of carbonyl (C=O) groups excluding carboxylic acids is 1. The zero-order chi connectivity index (χ0) is 14.1. The van der Waals surface area contributed by atoms with Crippen molar-refractivity contribution in [2.75, 3.05) is 5.32 Å². The van der Waals surface area contributed by atoms with Crippen LogP contribution in [-0.2, 0) is 0 Å². The average Bonchev–Trinajstić information content (AvgIpc) is 2.86. The molecule has 3 rings (SSSR count). The number of anilines is 1. The molecule has 0 unspecified atom stereocenters. The Balaban J connectivity index is 1.87. The van der Waals surface area contributed by atoms with Gasteiger partial charge in [-0.3, -0.25) is 4.79 Å². The number of benzene rings is 2. The van der Waals surface area contributed by atoms with Gasteiger partial charge in [-0.1, -0.05) is 28.1 Å². The summed E-state index contributed by atoms with van der Waals surface area (Å²) in [6.45, 7) is 1.88. The molecular formula is C15H11BrN2OS. The minimum absolute atomic E-state index is 0.175. The Morgan fingerprint density at radius 1 is 1.20 bits per heavy atom. The van der Waals surface area contributed by atoms with Gasteiger partial charge in [0.1, 0.15) is 5.69 Å². The summed E-state index contributed by atoms with van der Waals surface area (Å²) in [7, 11) is 0. The Morgan fingerprint density at radius 3 is 2.70 bits per heavy atom. The zero-order valence-corrected chi connectivity index (χ0v) is 13.1. The minimum Gasteiger partial charge on any atom is -0.321 e. The third-order valence-corrected chi connectivity index (χ3v) is 4.18. The molecule has 0 atom stereocenters. The molecule has 1 amide bonds. The molecule has 0 aliphatic rings. The fourth-order valence-corrected chi connectivity index (χ4v) is 2.93. The summed E-state index contributed by atoms with van der Waals surface area (Å²) in [4.78, 5) is 16.2. The van der Waals surface area contributed by atoms with E-state index in [2.05, 4.69) is 26.2 Å². The number of amides is 1. The number of aryl methyl sites for hydroxylation is 1. The average molecular weight is 347 g/mol. The summed E-state index contributed by atoms with van der Waals surface area (Å²) in [5.41, 5.74) is 1.24. The zero-order valence-electron chi connectivity index (χ0n) is 10.7. The van der Waals surface area contributed by atoms with Crippen molar-refractivity contribution < 1.29 is 4.79 Å². The third-order valence-electron chi connectivity index (χ3n) is 2.91. The molecule has 0 radical (unpaired) electrons. The third kappa shape index (κ3) is 2.73. The first-order chi connectivity index (χ1) is 9.61. The molecule has 5 heteroatoms. The normalized spacial score (nSPS) is 10.7. The Kier molecular flexibility index (Phi) is 3.54. The monoisotopic (exact) mass is 346 g/mol. The van der Waals surface area contributed by atoms with E-state index in [4.69, 9.17) is 0 Å². The molecular weight excluding hydrogens is 336 g/mol. The number of fused-ring (bicyclic) bond motifs is 1. The molecule has 3 nitrogen and oxygen atoms in total. The van der Waals surface area contributed by atoms with E-state index >= 15 is 0 Å². The molecule has 1 heterocycles. The lowest BCUT2D eigenvalue weighted by Crippen LogP contribution is -2.12. The number of carbonyl (C=O) groups is 1. The standard InChI is InChI=1S/C15H11BrN2OS/c1-9-17-14(8-20-9)15(19)18-13-5-3-10-6-12(16)4-2-11(10)7-13/h2-8H,1H3,(H,18,19). The van der Waals surface area contributed by atoms with Gasteiger partial charge in [0.15, 0.2) is 0 Å². The molecule has 0 saturated heterocycles. The molecule has 0 fully saturated rings. The van der Waals surface area contributed by atoms with Crippen molar-refractivity contribution in [3.05, 3.63) is 57.0 Å². The van der Waals surface area contributed by atoms with Crippen molar-refractivity contribution in [3.63, 3.8) is 0 Å². The summed E-state index contributed by atoms with van der Waals surface area (Å²) in [6, 6.07) is 11.9. The van der Waals surface area contributed by atoms with Gasteiger partial charge in [-0.2, -0.15) is 0 Å². The first-order valence-electron chi connectivity index (χ1n) is 6.04. The molecule has 1 N–H and O–H groups in total. The number of hydrogen-bond acceptors (Lipinski definition) is 3. The van der Waals surface area contributed by atoms with Crippen LogP contribution in [0, 0.1) is 6.92 Å². The van der Waals surface area contributed by atoms with Crippen LogP contribution in [-0.4, -0.2) is 10.9 Å². The lowest BCUT2D eigenvalue weighted by atomic mass is 10.1. The van der Waals surface area contributed by atoms with Crippen molar-refractivity contribution in [3.8, 4) is 0 Å². The van der Waals surface area contributed by atoms with Crippen LogP contribution in [0.15, 0.2) is 46.3 Å². The second kappa shape index (κ2) is 5.34. The number of nitrogens with zero attached hydrogens (tertiary/aromatic N) is 1. The highest BCUT2D eigenvalue weighted by atomic mass is 79.9. The number of aromatic nitrogens is 1. The largest absolute Gasteiger partial charge is 0.321 e. The number of hydrogen-bond donors (Lipinski definition) is 1. The van der Waals surface area contributed by atoms with Gasteiger partial charge in [0.2, 0.25) is 0 Å². The molecule has 1 aromatic heterocycles. The van der Waals surface area contributed by atoms with Crippen LogP contribution in [0.2, 0.25) is 0 Å². The lowest BCUT2D eigenvalue weighted by Gasteiger charge is -2.05. The lowest BCUT2D eigenvalue weighted by molar-refractivity contribution is 0.102. The summed E-state index contributed by atoms with van der Waals surface area (Å²) in [5, 5.41) is 7.74. The summed E-state index contributed by atoms with van der Waals surface area (Å²) >= 11 is 4.92. The van der Waals surface area contributed by atoms with Crippen LogP contribution in [0.3, 0.4) is 0 Å². The van der Waals surface area contributed by atoms with Gasteiger partial charge in [0.05, 0.1) is 5.01 Å². The van der Waals surface area contributed by atoms with Crippen LogP contribution in [0.25, 0.3) is 10.8 Å². The quantitative estimate of drug-likeness (QED) is 0.735. The number of halogens is 1. The van der Waals surface area contributed by atoms with E-state index in [1.54, 1.807) is 5.38 Å². The van der Waals surface area contributed by atoms with Gasteiger partial charge in [-0.25, -0.2) is 4.98 Å².